The Labute approximate surface area is 150 Å². The third-order valence-electron chi connectivity index (χ3n) is 3.92. The van der Waals surface area contributed by atoms with E-state index in [2.05, 4.69) is 6.58 Å². The molecule has 0 atom stereocenters. The number of carbonyl (C=O) groups is 2. The number of methoxy groups -OCH3 is 2. The Kier molecular flexibility index (Phi) is 5.56. The van der Waals surface area contributed by atoms with E-state index in [1.165, 1.54) is 43.4 Å². The summed E-state index contributed by atoms with van der Waals surface area (Å²) in [4.78, 5) is 36.8. The predicted octanol–water partition coefficient (Wildman–Crippen LogP) is 2.46. The molecule has 0 aromatic heterocycles. The molecule has 0 saturated heterocycles. The van der Waals surface area contributed by atoms with Crippen LogP contribution >= 0.6 is 0 Å². The monoisotopic (exact) mass is 358 g/mol. The van der Waals surface area contributed by atoms with Gasteiger partial charge in [0.2, 0.25) is 0 Å². The number of amides is 1. The van der Waals surface area contributed by atoms with Crippen LogP contribution < -0.4 is 4.74 Å². The van der Waals surface area contributed by atoms with Crippen molar-refractivity contribution in [3.8, 4) is 5.75 Å². The van der Waals surface area contributed by atoms with Crippen LogP contribution in [0.5, 0.6) is 5.75 Å². The average molecular weight is 358 g/mol. The van der Waals surface area contributed by atoms with E-state index in [4.69, 9.17) is 9.47 Å². The van der Waals surface area contributed by atoms with Gasteiger partial charge in [-0.15, -0.1) is 6.58 Å². The van der Waals surface area contributed by atoms with Crippen molar-refractivity contribution in [2.24, 2.45) is 0 Å². The molecule has 0 bridgehead atoms. The first-order valence-electron chi connectivity index (χ1n) is 7.62. The molecule has 1 aliphatic rings. The molecule has 1 aromatic carbocycles. The molecule has 0 unspecified atom stereocenters. The lowest BCUT2D eigenvalue weighted by molar-refractivity contribution is -0.385. The van der Waals surface area contributed by atoms with Gasteiger partial charge >= 0.3 is 11.7 Å². The van der Waals surface area contributed by atoms with Gasteiger partial charge in [0.05, 0.1) is 30.3 Å². The number of allylic oxidation sites excluding steroid dienone is 1. The molecule has 0 aliphatic carbocycles. The maximum Gasteiger partial charge on any atom is 0.340 e. The molecular formula is C18H18N2O6. The first-order chi connectivity index (χ1) is 12.3. The molecule has 0 spiro atoms. The zero-order valence-corrected chi connectivity index (χ0v) is 14.6. The summed E-state index contributed by atoms with van der Waals surface area (Å²) in [5.41, 5.74) is 0.815. The van der Waals surface area contributed by atoms with Crippen molar-refractivity contribution in [1.29, 1.82) is 0 Å². The van der Waals surface area contributed by atoms with Gasteiger partial charge < -0.3 is 14.4 Å². The largest absolute Gasteiger partial charge is 0.490 e. The lowest BCUT2D eigenvalue weighted by atomic mass is 10.0. The fraction of sp³-hybridized carbons (Fsp3) is 0.222. The van der Waals surface area contributed by atoms with Crippen molar-refractivity contribution < 1.29 is 24.0 Å². The smallest absolute Gasteiger partial charge is 0.340 e. The summed E-state index contributed by atoms with van der Waals surface area (Å²) >= 11 is 0. The third-order valence-corrected chi connectivity index (χ3v) is 3.92. The van der Waals surface area contributed by atoms with E-state index in [0.29, 0.717) is 11.3 Å². The van der Waals surface area contributed by atoms with Crippen molar-refractivity contribution >= 4 is 23.6 Å². The predicted molar refractivity (Wildman–Crippen MR) is 94.3 cm³/mol. The Morgan fingerprint density at radius 3 is 2.62 bits per heavy atom. The molecule has 0 radical (unpaired) electrons. The van der Waals surface area contributed by atoms with Gasteiger partial charge in [0.15, 0.2) is 5.75 Å². The Morgan fingerprint density at radius 1 is 1.38 bits per heavy atom. The maximum absolute atomic E-state index is 12.7. The van der Waals surface area contributed by atoms with Crippen molar-refractivity contribution in [3.05, 3.63) is 63.4 Å². The summed E-state index contributed by atoms with van der Waals surface area (Å²) in [6, 6.07) is 4.27. The van der Waals surface area contributed by atoms with Crippen LogP contribution in [0.2, 0.25) is 0 Å². The first kappa shape index (κ1) is 18.9. The molecule has 136 valence electrons. The van der Waals surface area contributed by atoms with E-state index in [-0.39, 0.29) is 29.1 Å². The highest BCUT2D eigenvalue weighted by Gasteiger charge is 2.36. The molecule has 8 nitrogen and oxygen atoms in total. The zero-order chi connectivity index (χ0) is 19.4. The molecule has 1 aromatic rings. The van der Waals surface area contributed by atoms with Gasteiger partial charge in [-0.05, 0) is 24.6 Å². The van der Waals surface area contributed by atoms with Crippen LogP contribution in [0, 0.1) is 10.1 Å². The first-order valence-corrected chi connectivity index (χ1v) is 7.62. The quantitative estimate of drug-likeness (QED) is 0.255. The number of nitrogens with zero attached hydrogens (tertiary/aromatic N) is 2. The highest BCUT2D eigenvalue weighted by Crippen LogP contribution is 2.33. The minimum absolute atomic E-state index is 0.100. The second-order valence-corrected chi connectivity index (χ2v) is 5.40. The van der Waals surface area contributed by atoms with Crippen LogP contribution in [-0.4, -0.2) is 42.5 Å². The standard InChI is InChI=1S/C18H18N2O6/c1-5-8-19-11(2)16(18(22)26-4)13(17(19)21)9-12-6-7-15(25-3)14(10-12)20(23)24/h5-7,9-10H,1,8H2,2-4H3/b13-9-. The normalized spacial score (nSPS) is 15.4. The number of rotatable bonds is 6. The molecule has 0 saturated carbocycles. The van der Waals surface area contributed by atoms with Crippen molar-refractivity contribution in [1.82, 2.24) is 4.90 Å². The summed E-state index contributed by atoms with van der Waals surface area (Å²) in [5.74, 6) is -0.957. The summed E-state index contributed by atoms with van der Waals surface area (Å²) < 4.78 is 9.74. The number of ether oxygens (including phenoxy) is 2. The van der Waals surface area contributed by atoms with Crippen molar-refractivity contribution in [2.75, 3.05) is 20.8 Å². The van der Waals surface area contributed by atoms with Crippen molar-refractivity contribution in [2.45, 2.75) is 6.92 Å². The molecule has 2 rings (SSSR count). The SMILES string of the molecule is C=CCN1C(=O)/C(=C\c2ccc(OC)c([N+](=O)[O-])c2)C(C(=O)OC)=C1C. The minimum Gasteiger partial charge on any atom is -0.490 e. The lowest BCUT2D eigenvalue weighted by Gasteiger charge is -2.14. The van der Waals surface area contributed by atoms with Crippen LogP contribution in [0.25, 0.3) is 6.08 Å². The highest BCUT2D eigenvalue weighted by atomic mass is 16.6. The van der Waals surface area contributed by atoms with Gasteiger partial charge in [-0.1, -0.05) is 12.1 Å². The number of hydrogen-bond acceptors (Lipinski definition) is 6. The molecular weight excluding hydrogens is 340 g/mol. The fourth-order valence-electron chi connectivity index (χ4n) is 2.68. The van der Waals surface area contributed by atoms with Crippen LogP contribution in [0.1, 0.15) is 12.5 Å². The molecule has 1 heterocycles. The molecule has 0 fully saturated rings. The third kappa shape index (κ3) is 3.34. The number of nitro groups is 1. The summed E-state index contributed by atoms with van der Waals surface area (Å²) in [7, 11) is 2.55. The van der Waals surface area contributed by atoms with E-state index < -0.39 is 16.8 Å². The van der Waals surface area contributed by atoms with Crippen LogP contribution in [0.4, 0.5) is 5.69 Å². The highest BCUT2D eigenvalue weighted by molar-refractivity contribution is 6.16. The van der Waals surface area contributed by atoms with E-state index in [1.54, 1.807) is 13.0 Å². The Hall–Kier alpha value is -3.42. The summed E-state index contributed by atoms with van der Waals surface area (Å²) in [6.07, 6.45) is 2.96. The minimum atomic E-state index is -0.656. The number of esters is 1. The van der Waals surface area contributed by atoms with Gasteiger partial charge in [0.25, 0.3) is 5.91 Å². The number of benzene rings is 1. The van der Waals surface area contributed by atoms with E-state index in [9.17, 15) is 19.7 Å². The zero-order valence-electron chi connectivity index (χ0n) is 14.6. The number of carbonyl (C=O) groups excluding carboxylic acids is 2. The van der Waals surface area contributed by atoms with Crippen LogP contribution in [0.3, 0.4) is 0 Å². The van der Waals surface area contributed by atoms with Gasteiger partial charge in [-0.25, -0.2) is 4.79 Å². The number of hydrogen-bond donors (Lipinski definition) is 0. The molecule has 1 amide bonds. The van der Waals surface area contributed by atoms with Crippen LogP contribution in [0.15, 0.2) is 47.7 Å². The number of nitro benzene ring substituents is 1. The molecule has 0 N–H and O–H groups in total. The van der Waals surface area contributed by atoms with E-state index >= 15 is 0 Å². The molecule has 8 heteroatoms. The van der Waals surface area contributed by atoms with E-state index in [0.717, 1.165) is 0 Å². The van der Waals surface area contributed by atoms with E-state index in [1.807, 2.05) is 0 Å². The van der Waals surface area contributed by atoms with Crippen LogP contribution in [-0.2, 0) is 14.3 Å². The van der Waals surface area contributed by atoms with Gasteiger partial charge in [-0.2, -0.15) is 0 Å². The fourth-order valence-corrected chi connectivity index (χ4v) is 2.68. The molecule has 26 heavy (non-hydrogen) atoms. The summed E-state index contributed by atoms with van der Waals surface area (Å²) in [6.45, 7) is 5.46. The topological polar surface area (TPSA) is 99.0 Å². The van der Waals surface area contributed by atoms with Gasteiger partial charge in [0.1, 0.15) is 0 Å². The second-order valence-electron chi connectivity index (χ2n) is 5.40. The summed E-state index contributed by atoms with van der Waals surface area (Å²) in [5, 5.41) is 11.2. The Bertz CT molecular complexity index is 853. The maximum atomic E-state index is 12.7. The lowest BCUT2D eigenvalue weighted by Crippen LogP contribution is -2.24. The second kappa shape index (κ2) is 7.64. The van der Waals surface area contributed by atoms with Crippen molar-refractivity contribution in [3.63, 3.8) is 0 Å². The Balaban J connectivity index is 2.59. The van der Waals surface area contributed by atoms with Gasteiger partial charge in [-0.3, -0.25) is 14.9 Å². The molecule has 1 aliphatic heterocycles. The Morgan fingerprint density at radius 2 is 2.08 bits per heavy atom. The average Bonchev–Trinajstić information content (AvgIpc) is 2.85. The van der Waals surface area contributed by atoms with Gasteiger partial charge in [0, 0.05) is 18.3 Å².